The van der Waals surface area contributed by atoms with Crippen LogP contribution >= 0.6 is 0 Å². The second kappa shape index (κ2) is 5.51. The summed E-state index contributed by atoms with van der Waals surface area (Å²) >= 11 is 0. The van der Waals surface area contributed by atoms with Crippen LogP contribution < -0.4 is 5.73 Å². The largest absolute Gasteiger partial charge is 0.353 e. The summed E-state index contributed by atoms with van der Waals surface area (Å²) in [6, 6.07) is 0. The van der Waals surface area contributed by atoms with Gasteiger partial charge in [0.1, 0.15) is 0 Å². The van der Waals surface area contributed by atoms with Crippen LogP contribution in [-0.4, -0.2) is 25.5 Å². The van der Waals surface area contributed by atoms with Gasteiger partial charge < -0.3 is 15.2 Å². The fourth-order valence-electron chi connectivity index (χ4n) is 1.38. The van der Waals surface area contributed by atoms with E-state index >= 15 is 0 Å². The monoisotopic (exact) mass is 173 g/mol. The zero-order chi connectivity index (χ0) is 8.81. The van der Waals surface area contributed by atoms with Gasteiger partial charge in [0, 0.05) is 6.61 Å². The summed E-state index contributed by atoms with van der Waals surface area (Å²) < 4.78 is 11.1. The maximum atomic E-state index is 5.63. The molecule has 2 N–H and O–H groups in total. The Bertz CT molecular complexity index is 113. The second-order valence-corrected chi connectivity index (χ2v) is 3.32. The predicted molar refractivity (Wildman–Crippen MR) is 47.8 cm³/mol. The van der Waals surface area contributed by atoms with Crippen LogP contribution in [0.4, 0.5) is 0 Å². The highest BCUT2D eigenvalue weighted by Crippen LogP contribution is 2.15. The van der Waals surface area contributed by atoms with Gasteiger partial charge in [0.2, 0.25) is 0 Å². The Hall–Kier alpha value is -0.120. The first-order valence-electron chi connectivity index (χ1n) is 4.80. The van der Waals surface area contributed by atoms with Crippen LogP contribution in [0.1, 0.15) is 32.6 Å². The van der Waals surface area contributed by atoms with Gasteiger partial charge in [-0.25, -0.2) is 0 Å². The van der Waals surface area contributed by atoms with Crippen molar-refractivity contribution in [2.45, 2.75) is 45.0 Å². The van der Waals surface area contributed by atoms with E-state index in [9.17, 15) is 0 Å². The van der Waals surface area contributed by atoms with Crippen molar-refractivity contribution in [2.24, 2.45) is 5.73 Å². The summed E-state index contributed by atoms with van der Waals surface area (Å²) in [5.74, 6) is 0. The molecule has 0 aromatic carbocycles. The fraction of sp³-hybridized carbons (Fsp3) is 1.00. The van der Waals surface area contributed by atoms with Crippen molar-refractivity contribution in [2.75, 3.05) is 13.2 Å². The molecule has 0 saturated carbocycles. The van der Waals surface area contributed by atoms with Crippen molar-refractivity contribution in [1.82, 2.24) is 0 Å². The summed E-state index contributed by atoms with van der Waals surface area (Å²) in [5, 5.41) is 0. The van der Waals surface area contributed by atoms with Crippen LogP contribution in [0.15, 0.2) is 0 Å². The molecule has 12 heavy (non-hydrogen) atoms. The number of nitrogens with two attached hydrogens (primary N) is 1. The molecule has 1 fully saturated rings. The molecule has 1 unspecified atom stereocenters. The molecular weight excluding hydrogens is 154 g/mol. The molecule has 1 saturated heterocycles. The minimum Gasteiger partial charge on any atom is -0.353 e. The van der Waals surface area contributed by atoms with E-state index in [1.165, 1.54) is 12.8 Å². The van der Waals surface area contributed by atoms with Gasteiger partial charge in [0.05, 0.1) is 6.10 Å². The SMILES string of the molecule is C[C@H](CCN)OC1CCCCO1. The van der Waals surface area contributed by atoms with Crippen molar-refractivity contribution in [1.29, 1.82) is 0 Å². The van der Waals surface area contributed by atoms with Crippen LogP contribution in [0.3, 0.4) is 0 Å². The molecule has 0 amide bonds. The third-order valence-corrected chi connectivity index (χ3v) is 2.10. The summed E-state index contributed by atoms with van der Waals surface area (Å²) in [5.41, 5.74) is 5.41. The van der Waals surface area contributed by atoms with E-state index in [-0.39, 0.29) is 12.4 Å². The molecule has 0 radical (unpaired) electrons. The average molecular weight is 173 g/mol. The number of rotatable bonds is 4. The van der Waals surface area contributed by atoms with Gasteiger partial charge in [0.25, 0.3) is 0 Å². The van der Waals surface area contributed by atoms with Crippen molar-refractivity contribution in [3.05, 3.63) is 0 Å². The van der Waals surface area contributed by atoms with Crippen LogP contribution in [0, 0.1) is 0 Å². The van der Waals surface area contributed by atoms with Crippen LogP contribution in [0.25, 0.3) is 0 Å². The second-order valence-electron chi connectivity index (χ2n) is 3.32. The molecule has 1 aliphatic rings. The number of hydrogen-bond donors (Lipinski definition) is 1. The van der Waals surface area contributed by atoms with Gasteiger partial charge in [-0.3, -0.25) is 0 Å². The molecule has 0 spiro atoms. The quantitative estimate of drug-likeness (QED) is 0.696. The van der Waals surface area contributed by atoms with Crippen molar-refractivity contribution >= 4 is 0 Å². The Kier molecular flexibility index (Phi) is 4.58. The first-order valence-corrected chi connectivity index (χ1v) is 4.80. The third-order valence-electron chi connectivity index (χ3n) is 2.10. The van der Waals surface area contributed by atoms with E-state index in [1.807, 2.05) is 6.92 Å². The summed E-state index contributed by atoms with van der Waals surface area (Å²) in [6.45, 7) is 3.58. The van der Waals surface area contributed by atoms with Crippen molar-refractivity contribution in [3.63, 3.8) is 0 Å². The van der Waals surface area contributed by atoms with Gasteiger partial charge in [-0.15, -0.1) is 0 Å². The zero-order valence-electron chi connectivity index (χ0n) is 7.79. The lowest BCUT2D eigenvalue weighted by Crippen LogP contribution is -2.27. The third kappa shape index (κ3) is 3.52. The van der Waals surface area contributed by atoms with Crippen molar-refractivity contribution in [3.8, 4) is 0 Å². The number of hydrogen-bond acceptors (Lipinski definition) is 3. The van der Waals surface area contributed by atoms with Gasteiger partial charge in [0.15, 0.2) is 6.29 Å². The highest BCUT2D eigenvalue weighted by atomic mass is 16.7. The molecule has 1 aliphatic heterocycles. The van der Waals surface area contributed by atoms with E-state index in [2.05, 4.69) is 0 Å². The standard InChI is InChI=1S/C9H19NO2/c1-8(5-6-10)12-9-4-2-3-7-11-9/h8-9H,2-7,10H2,1H3/t8-,9?/m1/s1. The lowest BCUT2D eigenvalue weighted by Gasteiger charge is -2.25. The fourth-order valence-corrected chi connectivity index (χ4v) is 1.38. The Morgan fingerprint density at radius 3 is 3.00 bits per heavy atom. The molecule has 1 rings (SSSR count). The van der Waals surface area contributed by atoms with E-state index in [0.29, 0.717) is 6.54 Å². The maximum Gasteiger partial charge on any atom is 0.157 e. The van der Waals surface area contributed by atoms with E-state index in [0.717, 1.165) is 19.4 Å². The first-order chi connectivity index (χ1) is 5.83. The first kappa shape index (κ1) is 9.96. The van der Waals surface area contributed by atoms with E-state index < -0.39 is 0 Å². The van der Waals surface area contributed by atoms with E-state index in [4.69, 9.17) is 15.2 Å². The zero-order valence-corrected chi connectivity index (χ0v) is 7.79. The number of ether oxygens (including phenoxy) is 2. The molecule has 3 heteroatoms. The predicted octanol–water partition coefficient (Wildman–Crippen LogP) is 1.27. The summed E-state index contributed by atoms with van der Waals surface area (Å²) in [4.78, 5) is 0. The molecule has 0 aromatic heterocycles. The normalized spacial score (nSPS) is 27.0. The van der Waals surface area contributed by atoms with Crippen LogP contribution in [-0.2, 0) is 9.47 Å². The molecule has 0 bridgehead atoms. The van der Waals surface area contributed by atoms with E-state index in [1.54, 1.807) is 0 Å². The van der Waals surface area contributed by atoms with Gasteiger partial charge in [-0.2, -0.15) is 0 Å². The van der Waals surface area contributed by atoms with Crippen LogP contribution in [0.2, 0.25) is 0 Å². The Balaban J connectivity index is 2.11. The van der Waals surface area contributed by atoms with Gasteiger partial charge in [-0.1, -0.05) is 0 Å². The maximum absolute atomic E-state index is 5.63. The topological polar surface area (TPSA) is 44.5 Å². The summed E-state index contributed by atoms with van der Waals surface area (Å²) in [7, 11) is 0. The average Bonchev–Trinajstić information content (AvgIpc) is 2.06. The molecule has 0 aromatic rings. The molecule has 1 heterocycles. The molecule has 2 atom stereocenters. The van der Waals surface area contributed by atoms with Gasteiger partial charge in [-0.05, 0) is 39.2 Å². The highest BCUT2D eigenvalue weighted by molar-refractivity contribution is 4.57. The summed E-state index contributed by atoms with van der Waals surface area (Å²) in [6.07, 6.45) is 4.61. The lowest BCUT2D eigenvalue weighted by atomic mass is 10.2. The van der Waals surface area contributed by atoms with Crippen LogP contribution in [0.5, 0.6) is 0 Å². The van der Waals surface area contributed by atoms with Crippen molar-refractivity contribution < 1.29 is 9.47 Å². The molecule has 0 aliphatic carbocycles. The highest BCUT2D eigenvalue weighted by Gasteiger charge is 2.16. The lowest BCUT2D eigenvalue weighted by molar-refractivity contribution is -0.184. The molecule has 3 nitrogen and oxygen atoms in total. The molecule has 72 valence electrons. The minimum atomic E-state index is 0.0281. The Labute approximate surface area is 74.2 Å². The van der Waals surface area contributed by atoms with Gasteiger partial charge >= 0.3 is 0 Å². The Morgan fingerprint density at radius 2 is 2.42 bits per heavy atom. The smallest absolute Gasteiger partial charge is 0.157 e. The Morgan fingerprint density at radius 1 is 1.58 bits per heavy atom. The minimum absolute atomic E-state index is 0.0281. The molecular formula is C9H19NO2.